The van der Waals surface area contributed by atoms with Gasteiger partial charge in [-0.1, -0.05) is 31.2 Å². The summed E-state index contributed by atoms with van der Waals surface area (Å²) in [5.41, 5.74) is 5.07. The van der Waals surface area contributed by atoms with Gasteiger partial charge in [0.2, 0.25) is 0 Å². The van der Waals surface area contributed by atoms with Crippen LogP contribution in [0.5, 0.6) is 5.75 Å². The van der Waals surface area contributed by atoms with Gasteiger partial charge in [-0.25, -0.2) is 5.43 Å². The molecule has 0 saturated carbocycles. The normalized spacial score (nSPS) is 10.7. The van der Waals surface area contributed by atoms with E-state index in [2.05, 4.69) is 17.5 Å². The highest BCUT2D eigenvalue weighted by Gasteiger charge is 2.02. The molecular weight excluding hydrogens is 252 g/mol. The van der Waals surface area contributed by atoms with E-state index in [4.69, 9.17) is 5.11 Å². The van der Waals surface area contributed by atoms with E-state index < -0.39 is 0 Å². The Morgan fingerprint density at radius 1 is 1.15 bits per heavy atom. The van der Waals surface area contributed by atoms with Gasteiger partial charge in [0.15, 0.2) is 0 Å². The van der Waals surface area contributed by atoms with E-state index in [9.17, 15) is 4.79 Å². The van der Waals surface area contributed by atoms with Crippen molar-refractivity contribution >= 4 is 12.1 Å². The average molecular weight is 268 g/mol. The van der Waals surface area contributed by atoms with Crippen LogP contribution in [0.2, 0.25) is 0 Å². The van der Waals surface area contributed by atoms with Crippen LogP contribution in [0, 0.1) is 0 Å². The molecule has 0 spiro atoms. The third kappa shape index (κ3) is 3.68. The summed E-state index contributed by atoms with van der Waals surface area (Å²) < 4.78 is 0. The SMILES string of the molecule is CCc1ccc(C=NNC(=O)c2ccc(O)cc2)cc1. The van der Waals surface area contributed by atoms with E-state index >= 15 is 0 Å². The van der Waals surface area contributed by atoms with Gasteiger partial charge in [0, 0.05) is 5.56 Å². The van der Waals surface area contributed by atoms with Crippen LogP contribution in [0.1, 0.15) is 28.4 Å². The number of carbonyl (C=O) groups is 1. The summed E-state index contributed by atoms with van der Waals surface area (Å²) in [7, 11) is 0. The number of nitrogens with zero attached hydrogens (tertiary/aromatic N) is 1. The Hall–Kier alpha value is -2.62. The zero-order chi connectivity index (χ0) is 14.4. The maximum absolute atomic E-state index is 11.7. The molecule has 0 heterocycles. The van der Waals surface area contributed by atoms with Crippen LogP contribution in [0.3, 0.4) is 0 Å². The molecule has 0 unspecified atom stereocenters. The summed E-state index contributed by atoms with van der Waals surface area (Å²) in [6.07, 6.45) is 2.59. The molecule has 0 aliphatic carbocycles. The molecule has 0 atom stereocenters. The van der Waals surface area contributed by atoms with Crippen molar-refractivity contribution in [2.45, 2.75) is 13.3 Å². The number of hydrogen-bond donors (Lipinski definition) is 2. The minimum Gasteiger partial charge on any atom is -0.508 e. The number of aryl methyl sites for hydroxylation is 1. The van der Waals surface area contributed by atoms with E-state index in [1.165, 1.54) is 29.8 Å². The van der Waals surface area contributed by atoms with Crippen LogP contribution < -0.4 is 5.43 Å². The first-order valence-corrected chi connectivity index (χ1v) is 6.40. The Labute approximate surface area is 117 Å². The zero-order valence-corrected chi connectivity index (χ0v) is 11.2. The highest BCUT2D eigenvalue weighted by Crippen LogP contribution is 2.09. The van der Waals surface area contributed by atoms with Crippen LogP contribution in [-0.2, 0) is 6.42 Å². The fraction of sp³-hybridized carbons (Fsp3) is 0.125. The highest BCUT2D eigenvalue weighted by atomic mass is 16.3. The molecule has 0 radical (unpaired) electrons. The quantitative estimate of drug-likeness (QED) is 0.661. The van der Waals surface area contributed by atoms with Crippen molar-refractivity contribution < 1.29 is 9.90 Å². The molecule has 4 heteroatoms. The van der Waals surface area contributed by atoms with Crippen molar-refractivity contribution in [3.8, 4) is 5.75 Å². The Bertz CT molecular complexity index is 601. The number of benzene rings is 2. The van der Waals surface area contributed by atoms with E-state index in [0.29, 0.717) is 5.56 Å². The van der Waals surface area contributed by atoms with Gasteiger partial charge in [-0.15, -0.1) is 0 Å². The first-order chi connectivity index (χ1) is 9.69. The second-order valence-electron chi connectivity index (χ2n) is 4.34. The monoisotopic (exact) mass is 268 g/mol. The van der Waals surface area contributed by atoms with Gasteiger partial charge in [-0.3, -0.25) is 4.79 Å². The molecule has 4 nitrogen and oxygen atoms in total. The third-order valence-electron chi connectivity index (χ3n) is 2.90. The van der Waals surface area contributed by atoms with Crippen molar-refractivity contribution in [1.29, 1.82) is 0 Å². The fourth-order valence-corrected chi connectivity index (χ4v) is 1.68. The van der Waals surface area contributed by atoms with Crippen molar-refractivity contribution in [2.75, 3.05) is 0 Å². The standard InChI is InChI=1S/C16H16N2O2/c1-2-12-3-5-13(6-4-12)11-17-18-16(20)14-7-9-15(19)10-8-14/h3-11,19H,2H2,1H3,(H,18,20). The summed E-state index contributed by atoms with van der Waals surface area (Å²) >= 11 is 0. The molecule has 0 aromatic heterocycles. The first kappa shape index (κ1) is 13.8. The predicted octanol–water partition coefficient (Wildman–Crippen LogP) is 2.72. The van der Waals surface area contributed by atoms with Gasteiger partial charge < -0.3 is 5.11 Å². The van der Waals surface area contributed by atoms with Crippen LogP contribution >= 0.6 is 0 Å². The Morgan fingerprint density at radius 2 is 1.80 bits per heavy atom. The summed E-state index contributed by atoms with van der Waals surface area (Å²) in [5.74, 6) is -0.188. The molecule has 102 valence electrons. The summed E-state index contributed by atoms with van der Waals surface area (Å²) in [5, 5.41) is 13.1. The molecule has 2 aromatic carbocycles. The number of hydrogen-bond acceptors (Lipinski definition) is 3. The Balaban J connectivity index is 1.95. The molecule has 0 fully saturated rings. The summed E-state index contributed by atoms with van der Waals surface area (Å²) in [6, 6.07) is 14.0. The largest absolute Gasteiger partial charge is 0.508 e. The van der Waals surface area contributed by atoms with Gasteiger partial charge in [-0.05, 0) is 41.8 Å². The molecular formula is C16H16N2O2. The summed E-state index contributed by atoms with van der Waals surface area (Å²) in [6.45, 7) is 2.10. The predicted molar refractivity (Wildman–Crippen MR) is 79.0 cm³/mol. The lowest BCUT2D eigenvalue weighted by molar-refractivity contribution is 0.0955. The molecule has 2 rings (SSSR count). The molecule has 0 bridgehead atoms. The van der Waals surface area contributed by atoms with Crippen LogP contribution in [-0.4, -0.2) is 17.2 Å². The number of hydrazone groups is 1. The molecule has 0 aliphatic rings. The topological polar surface area (TPSA) is 61.7 Å². The van der Waals surface area contributed by atoms with Crippen molar-refractivity contribution in [2.24, 2.45) is 5.10 Å². The lowest BCUT2D eigenvalue weighted by atomic mass is 10.1. The second-order valence-corrected chi connectivity index (χ2v) is 4.34. The van der Waals surface area contributed by atoms with E-state index in [1.54, 1.807) is 6.21 Å². The van der Waals surface area contributed by atoms with Gasteiger partial charge in [0.05, 0.1) is 6.21 Å². The minimum absolute atomic E-state index is 0.126. The van der Waals surface area contributed by atoms with Gasteiger partial charge in [-0.2, -0.15) is 5.10 Å². The van der Waals surface area contributed by atoms with Gasteiger partial charge in [0.25, 0.3) is 5.91 Å². The number of carbonyl (C=O) groups excluding carboxylic acids is 1. The maximum atomic E-state index is 11.7. The highest BCUT2D eigenvalue weighted by molar-refractivity contribution is 5.94. The fourth-order valence-electron chi connectivity index (χ4n) is 1.68. The van der Waals surface area contributed by atoms with Crippen LogP contribution in [0.15, 0.2) is 53.6 Å². The van der Waals surface area contributed by atoms with E-state index in [0.717, 1.165) is 12.0 Å². The smallest absolute Gasteiger partial charge is 0.271 e. The minimum atomic E-state index is -0.313. The van der Waals surface area contributed by atoms with Gasteiger partial charge in [0.1, 0.15) is 5.75 Å². The number of phenolic OH excluding ortho intramolecular Hbond substituents is 1. The molecule has 0 aliphatic heterocycles. The average Bonchev–Trinajstić information content (AvgIpc) is 2.48. The van der Waals surface area contributed by atoms with E-state index in [1.807, 2.05) is 24.3 Å². The molecule has 20 heavy (non-hydrogen) atoms. The van der Waals surface area contributed by atoms with Crippen LogP contribution in [0.25, 0.3) is 0 Å². The number of nitrogens with one attached hydrogen (secondary N) is 1. The lowest BCUT2D eigenvalue weighted by Gasteiger charge is -2.00. The Morgan fingerprint density at radius 3 is 2.40 bits per heavy atom. The van der Waals surface area contributed by atoms with Crippen molar-refractivity contribution in [3.63, 3.8) is 0 Å². The van der Waals surface area contributed by atoms with E-state index in [-0.39, 0.29) is 11.7 Å². The Kier molecular flexibility index (Phi) is 4.50. The molecule has 0 saturated heterocycles. The number of amides is 1. The van der Waals surface area contributed by atoms with Crippen molar-refractivity contribution in [3.05, 3.63) is 65.2 Å². The first-order valence-electron chi connectivity index (χ1n) is 6.40. The van der Waals surface area contributed by atoms with Crippen molar-refractivity contribution in [1.82, 2.24) is 5.43 Å². The molecule has 2 aromatic rings. The number of phenols is 1. The molecule has 1 amide bonds. The lowest BCUT2D eigenvalue weighted by Crippen LogP contribution is -2.17. The van der Waals surface area contributed by atoms with Crippen LogP contribution in [0.4, 0.5) is 0 Å². The number of aromatic hydroxyl groups is 1. The second kappa shape index (κ2) is 6.52. The molecule has 2 N–H and O–H groups in total. The zero-order valence-electron chi connectivity index (χ0n) is 11.2. The third-order valence-corrected chi connectivity index (χ3v) is 2.90. The number of rotatable bonds is 4. The van der Waals surface area contributed by atoms with Gasteiger partial charge >= 0.3 is 0 Å². The summed E-state index contributed by atoms with van der Waals surface area (Å²) in [4.78, 5) is 11.7. The maximum Gasteiger partial charge on any atom is 0.271 e.